The Morgan fingerprint density at radius 1 is 0.586 bits per heavy atom. The maximum absolute atomic E-state index is 14.8. The van der Waals surface area contributed by atoms with E-state index in [0.29, 0.717) is 23.3 Å². The maximum atomic E-state index is 14.8. The highest BCUT2D eigenvalue weighted by Crippen LogP contribution is 2.49. The van der Waals surface area contributed by atoms with Gasteiger partial charge in [-0.3, -0.25) is 38.1 Å². The number of fused-ring (bicyclic) bond motifs is 2. The summed E-state index contributed by atoms with van der Waals surface area (Å²) < 4.78 is 32.5. The molecule has 6 aromatic carbocycles. The van der Waals surface area contributed by atoms with Crippen LogP contribution in [0.2, 0.25) is 0 Å². The minimum absolute atomic E-state index is 0.00243. The molecule has 9 rings (SSSR count). The van der Waals surface area contributed by atoms with E-state index in [4.69, 9.17) is 13.8 Å². The van der Waals surface area contributed by atoms with Crippen molar-refractivity contribution in [3.05, 3.63) is 180 Å². The van der Waals surface area contributed by atoms with Crippen molar-refractivity contribution in [1.29, 1.82) is 0 Å². The summed E-state index contributed by atoms with van der Waals surface area (Å²) in [4.78, 5) is 104. The van der Waals surface area contributed by atoms with Crippen molar-refractivity contribution in [2.75, 3.05) is 19.7 Å². The highest BCUT2D eigenvalue weighted by atomic mass is 31.2. The quantitative estimate of drug-likeness (QED) is 0.0364. The zero-order chi connectivity index (χ0) is 71.2. The molecule has 3 aliphatic rings. The number of amides is 7. The summed E-state index contributed by atoms with van der Waals surface area (Å²) in [5.74, 6) is -8.66. The highest BCUT2D eigenvalue weighted by Gasteiger charge is 2.50. The molecule has 0 aliphatic carbocycles. The van der Waals surface area contributed by atoms with Crippen LogP contribution in [0.25, 0.3) is 22.3 Å². The Hall–Kier alpha value is -8.76. The van der Waals surface area contributed by atoms with Crippen LogP contribution in [0.4, 0.5) is 0 Å². The fraction of sp³-hybridized carbons (Fsp3) is 0.403. The number of aliphatic hydroxyl groups is 8. The molecule has 3 heterocycles. The molecular weight excluding hydrogens is 1300 g/mol. The lowest BCUT2D eigenvalue weighted by molar-refractivity contribution is -0.148. The number of carbonyl (C=O) groups excluding carboxylic acids is 7. The molecule has 0 saturated carbocycles. The number of nitrogens with one attached hydrogen (secondary N) is 5. The predicted octanol–water partition coefficient (Wildman–Crippen LogP) is 2.62. The number of hydrogen-bond acceptors (Lipinski definition) is 19. The fourth-order valence-electron chi connectivity index (χ4n) is 12.1. The van der Waals surface area contributed by atoms with Crippen molar-refractivity contribution in [3.63, 3.8) is 0 Å². The molecule has 26 nitrogen and oxygen atoms in total. The molecule has 13 N–H and O–H groups in total. The first kappa shape index (κ1) is 74.5. The first-order valence-electron chi connectivity index (χ1n) is 32.9. The topological polar surface area (TPSA) is 393 Å². The van der Waals surface area contributed by atoms with Crippen LogP contribution in [-0.4, -0.2) is 191 Å². The smallest absolute Gasteiger partial charge is 0.361 e. The predicted molar refractivity (Wildman–Crippen MR) is 361 cm³/mol. The van der Waals surface area contributed by atoms with Crippen LogP contribution < -0.4 is 36.6 Å². The van der Waals surface area contributed by atoms with E-state index in [1.165, 1.54) is 43.3 Å². The van der Waals surface area contributed by atoms with Crippen molar-refractivity contribution < 1.29 is 92.8 Å². The number of benzene rings is 6. The van der Waals surface area contributed by atoms with Crippen LogP contribution in [0, 0.1) is 5.92 Å². The second-order valence-electron chi connectivity index (χ2n) is 25.3. The van der Waals surface area contributed by atoms with Crippen LogP contribution in [0.1, 0.15) is 93.0 Å². The van der Waals surface area contributed by atoms with Crippen LogP contribution in [0.15, 0.2) is 158 Å². The zero-order valence-corrected chi connectivity index (χ0v) is 56.0. The Morgan fingerprint density at radius 3 is 1.63 bits per heavy atom. The summed E-state index contributed by atoms with van der Waals surface area (Å²) in [5.41, 5.74) is 4.59. The Morgan fingerprint density at radius 2 is 1.09 bits per heavy atom. The Balaban J connectivity index is 0.989. The van der Waals surface area contributed by atoms with Gasteiger partial charge in [0.2, 0.25) is 35.4 Å². The number of carbonyl (C=O) groups is 7. The van der Waals surface area contributed by atoms with Gasteiger partial charge in [-0.2, -0.15) is 0 Å². The zero-order valence-electron chi connectivity index (χ0n) is 55.2. The molecular formula is C72H86N7O19P. The normalized spacial score (nSPS) is 24.9. The average molecular weight is 1380 g/mol. The summed E-state index contributed by atoms with van der Waals surface area (Å²) in [6.45, 7) is 5.11. The maximum Gasteiger partial charge on any atom is 0.361 e. The average Bonchev–Trinajstić information content (AvgIpc) is 1.70. The van der Waals surface area contributed by atoms with Crippen molar-refractivity contribution in [2.24, 2.45) is 5.92 Å². The first-order valence-corrected chi connectivity index (χ1v) is 34.5. The molecule has 0 aromatic heterocycles. The second kappa shape index (κ2) is 33.9. The van der Waals surface area contributed by atoms with Gasteiger partial charge in [0, 0.05) is 37.4 Å². The molecule has 99 heavy (non-hydrogen) atoms. The van der Waals surface area contributed by atoms with Gasteiger partial charge in [0.1, 0.15) is 60.3 Å². The number of unbranched alkanes of at least 4 members (excludes halogenated alkanes) is 2. The molecule has 0 spiro atoms. The van der Waals surface area contributed by atoms with Gasteiger partial charge in [0.25, 0.3) is 5.91 Å². The molecule has 15 atom stereocenters. The number of hydrogen-bond donors (Lipinski definition) is 13. The Kier molecular flexibility index (Phi) is 25.5. The summed E-state index contributed by atoms with van der Waals surface area (Å²) in [6, 6.07) is 32.4. The summed E-state index contributed by atoms with van der Waals surface area (Å²) in [7, 11) is -4.20. The monoisotopic (exact) mass is 1380 g/mol. The number of rotatable bonds is 21. The standard InChI is InChI=1S/C72H86N7O19P/c1-5-6-13-34-96-53-30-26-49(27-31-53)47-20-18-46(19-21-47)48-22-24-51(25-23-48)65(87)73-55-36-57(83)68(90)77-70(92)61-62(84)41(2)37-79(61)72(94)59(43(4)81)75-69(91)60(76-67(89)56-35-52(82)38-78(56)71(93)58(42(3)80)74-66(55)88)64(86)63(85)50-28-32-54(33-29-50)99(95,97-39-44-14-9-7-10-15-44)98-40-45-16-11-8-12-17-45/h7-12,14-33,41-43,52,55-64,68,80-86,90H,5-6,13,34-40H2,1-4H3,(H,73,87)(H,74,88)(H,75,91)(H,76,89)(H,77,92)/t41-,42+,43+,52+,55+,56-,57+,58-,59-,60-,61-,62-,63-,64-,68+/m0/s1. The van der Waals surface area contributed by atoms with Gasteiger partial charge in [-0.25, -0.2) is 0 Å². The summed E-state index contributed by atoms with van der Waals surface area (Å²) in [6.07, 6.45) is -14.2. The minimum Gasteiger partial charge on any atom is -0.494 e. The Labute approximate surface area is 572 Å². The number of aliphatic hydroxyl groups excluding tert-OH is 8. The first-order chi connectivity index (χ1) is 47.3. The SMILES string of the molecule is CCCCCOc1ccc(-c2ccc(-c3ccc(C(=O)N[C@@H]4C[C@@H](O)[C@@H](O)NC(=O)[C@@H]5[C@@H](O)[C@@H](C)CN5C(=O)[C@H]([C@@H](C)O)NC(=O)[C@H]([C@H](O)[C@@H](O)c5ccc(P(=O)(OCc6ccccc6)OCc6ccccc6)cc5)NC(=O)[C@@H]5C[C@@H](O)CN5C(=O)[C@H]([C@@H](C)O)NC4=O)cc3)cc2)cc1. The number of nitrogens with zero attached hydrogens (tertiary/aromatic N) is 2. The molecule has 0 bridgehead atoms. The van der Waals surface area contributed by atoms with Crippen molar-refractivity contribution >= 4 is 54.3 Å². The van der Waals surface area contributed by atoms with E-state index in [-0.39, 0.29) is 29.6 Å². The van der Waals surface area contributed by atoms with E-state index in [9.17, 15) is 79.0 Å². The molecule has 0 radical (unpaired) electrons. The van der Waals surface area contributed by atoms with E-state index < -0.39 is 166 Å². The van der Waals surface area contributed by atoms with Gasteiger partial charge in [-0.15, -0.1) is 0 Å². The highest BCUT2D eigenvalue weighted by molar-refractivity contribution is 7.62. The molecule has 528 valence electrons. The Bertz CT molecular complexity index is 3730. The van der Waals surface area contributed by atoms with Gasteiger partial charge in [-0.05, 0) is 95.6 Å². The third kappa shape index (κ3) is 18.6. The van der Waals surface area contributed by atoms with Crippen molar-refractivity contribution in [2.45, 2.75) is 158 Å². The van der Waals surface area contributed by atoms with Gasteiger partial charge < -0.3 is 91.0 Å². The second-order valence-corrected chi connectivity index (χ2v) is 27.3. The molecule has 7 amide bonds. The van der Waals surface area contributed by atoms with Gasteiger partial charge >= 0.3 is 7.60 Å². The molecule has 3 fully saturated rings. The van der Waals surface area contributed by atoms with Crippen LogP contribution in [-0.2, 0) is 55.6 Å². The lowest BCUT2D eigenvalue weighted by Crippen LogP contribution is -2.64. The van der Waals surface area contributed by atoms with Crippen molar-refractivity contribution in [1.82, 2.24) is 36.4 Å². The van der Waals surface area contributed by atoms with E-state index in [1.807, 2.05) is 48.5 Å². The molecule has 3 aliphatic heterocycles. The fourth-order valence-corrected chi connectivity index (χ4v) is 13.6. The van der Waals surface area contributed by atoms with Crippen molar-refractivity contribution in [3.8, 4) is 28.0 Å². The summed E-state index contributed by atoms with van der Waals surface area (Å²) >= 11 is 0. The summed E-state index contributed by atoms with van der Waals surface area (Å²) in [5, 5.41) is 104. The third-order valence-electron chi connectivity index (χ3n) is 17.8. The molecule has 27 heteroatoms. The van der Waals surface area contributed by atoms with Gasteiger partial charge in [0.15, 0.2) is 6.23 Å². The molecule has 0 unspecified atom stereocenters. The van der Waals surface area contributed by atoms with Crippen LogP contribution in [0.3, 0.4) is 0 Å². The largest absolute Gasteiger partial charge is 0.494 e. The lowest BCUT2D eigenvalue weighted by Gasteiger charge is -2.34. The van der Waals surface area contributed by atoms with E-state index in [2.05, 4.69) is 33.5 Å². The van der Waals surface area contributed by atoms with Crippen LogP contribution >= 0.6 is 7.60 Å². The molecule has 6 aromatic rings. The molecule has 3 saturated heterocycles. The van der Waals surface area contributed by atoms with E-state index in [1.54, 1.807) is 72.8 Å². The number of ether oxygens (including phenoxy) is 1. The van der Waals surface area contributed by atoms with Crippen LogP contribution in [0.5, 0.6) is 5.75 Å². The van der Waals surface area contributed by atoms with Gasteiger partial charge in [0.05, 0.1) is 49.5 Å². The third-order valence-corrected chi connectivity index (χ3v) is 19.7. The van der Waals surface area contributed by atoms with Gasteiger partial charge in [-0.1, -0.05) is 148 Å². The van der Waals surface area contributed by atoms with E-state index >= 15 is 0 Å². The minimum atomic E-state index is -4.20. The van der Waals surface area contributed by atoms with E-state index in [0.717, 1.165) is 65.3 Å². The lowest BCUT2D eigenvalue weighted by atomic mass is 9.97.